The van der Waals surface area contributed by atoms with Crippen molar-refractivity contribution in [1.82, 2.24) is 4.90 Å². The summed E-state index contributed by atoms with van der Waals surface area (Å²) in [6, 6.07) is 3.58. The summed E-state index contributed by atoms with van der Waals surface area (Å²) in [6.45, 7) is 2.17. The average Bonchev–Trinajstić information content (AvgIpc) is 3.03. The molecular formula is C12H19BrN2S. The highest BCUT2D eigenvalue weighted by molar-refractivity contribution is 9.10. The van der Waals surface area contributed by atoms with Crippen LogP contribution in [0.2, 0.25) is 0 Å². The number of halogens is 1. The summed E-state index contributed by atoms with van der Waals surface area (Å²) in [4.78, 5) is 3.85. The Balaban J connectivity index is 2.19. The minimum atomic E-state index is 0.233. The van der Waals surface area contributed by atoms with Crippen molar-refractivity contribution >= 4 is 27.3 Å². The lowest BCUT2D eigenvalue weighted by molar-refractivity contribution is 0.203. The van der Waals surface area contributed by atoms with Crippen LogP contribution in [0.5, 0.6) is 0 Å². The van der Waals surface area contributed by atoms with Crippen LogP contribution in [0.15, 0.2) is 15.9 Å². The van der Waals surface area contributed by atoms with Gasteiger partial charge in [0.2, 0.25) is 0 Å². The minimum Gasteiger partial charge on any atom is -0.326 e. The molecule has 1 heterocycles. The number of nitrogens with two attached hydrogens (primary N) is 1. The second-order valence-corrected chi connectivity index (χ2v) is 6.44. The van der Waals surface area contributed by atoms with Gasteiger partial charge in [0, 0.05) is 26.8 Å². The normalized spacial score (nSPS) is 20.1. The first-order valence-corrected chi connectivity index (χ1v) is 7.52. The van der Waals surface area contributed by atoms with Gasteiger partial charge in [0.05, 0.1) is 6.04 Å². The highest BCUT2D eigenvalue weighted by Crippen LogP contribution is 2.37. The van der Waals surface area contributed by atoms with Crippen molar-refractivity contribution in [1.29, 1.82) is 0 Å². The molecule has 0 radical (unpaired) electrons. The molecule has 1 aliphatic rings. The van der Waals surface area contributed by atoms with Crippen LogP contribution >= 0.6 is 27.3 Å². The topological polar surface area (TPSA) is 29.3 Å². The van der Waals surface area contributed by atoms with Gasteiger partial charge in [-0.3, -0.25) is 4.90 Å². The molecular weight excluding hydrogens is 284 g/mol. The third-order valence-corrected chi connectivity index (χ3v) is 5.08. The van der Waals surface area contributed by atoms with Gasteiger partial charge in [-0.1, -0.05) is 6.92 Å². The zero-order valence-electron chi connectivity index (χ0n) is 9.82. The third-order valence-electron chi connectivity index (χ3n) is 3.32. The summed E-state index contributed by atoms with van der Waals surface area (Å²) in [6.07, 6.45) is 3.68. The lowest BCUT2D eigenvalue weighted by Crippen LogP contribution is -2.39. The largest absolute Gasteiger partial charge is 0.326 e. The highest BCUT2D eigenvalue weighted by atomic mass is 79.9. The number of hydrogen-bond acceptors (Lipinski definition) is 3. The quantitative estimate of drug-likeness (QED) is 0.903. The fourth-order valence-corrected chi connectivity index (χ4v) is 3.80. The number of likely N-dealkylation sites (N-methyl/N-ethyl adjacent to an activating group) is 1. The molecule has 2 N–H and O–H groups in total. The summed E-state index contributed by atoms with van der Waals surface area (Å²) < 4.78 is 1.17. The van der Waals surface area contributed by atoms with Gasteiger partial charge in [0.25, 0.3) is 0 Å². The molecule has 2 unspecified atom stereocenters. The molecule has 0 bridgehead atoms. The third kappa shape index (κ3) is 2.67. The van der Waals surface area contributed by atoms with Crippen molar-refractivity contribution in [3.05, 3.63) is 20.8 Å². The molecule has 1 aromatic rings. The number of hydrogen-bond donors (Lipinski definition) is 1. The smallest absolute Gasteiger partial charge is 0.0593 e. The maximum absolute atomic E-state index is 6.27. The monoisotopic (exact) mass is 302 g/mol. The lowest BCUT2D eigenvalue weighted by atomic mass is 10.0. The SMILES string of the molecule is CCC(N)C(c1cc(Br)cs1)N(C)C1CC1. The molecule has 1 fully saturated rings. The first-order valence-electron chi connectivity index (χ1n) is 5.85. The Morgan fingerprint density at radius 1 is 1.62 bits per heavy atom. The number of thiophene rings is 1. The van der Waals surface area contributed by atoms with E-state index in [2.05, 4.69) is 46.2 Å². The Morgan fingerprint density at radius 3 is 2.75 bits per heavy atom. The molecule has 0 saturated heterocycles. The van der Waals surface area contributed by atoms with Gasteiger partial charge in [-0.15, -0.1) is 11.3 Å². The van der Waals surface area contributed by atoms with Gasteiger partial charge in [-0.25, -0.2) is 0 Å². The van der Waals surface area contributed by atoms with Gasteiger partial charge in [-0.05, 0) is 48.3 Å². The van der Waals surface area contributed by atoms with Crippen LogP contribution in [-0.2, 0) is 0 Å². The molecule has 2 atom stereocenters. The van der Waals surface area contributed by atoms with Crippen LogP contribution in [0, 0.1) is 0 Å². The van der Waals surface area contributed by atoms with E-state index >= 15 is 0 Å². The van der Waals surface area contributed by atoms with Gasteiger partial charge < -0.3 is 5.73 Å². The summed E-state index contributed by atoms with van der Waals surface area (Å²) >= 11 is 5.33. The molecule has 90 valence electrons. The second kappa shape index (κ2) is 5.17. The fourth-order valence-electron chi connectivity index (χ4n) is 2.13. The Hall–Kier alpha value is 0.1000. The van der Waals surface area contributed by atoms with Crippen molar-refractivity contribution in [3.63, 3.8) is 0 Å². The molecule has 16 heavy (non-hydrogen) atoms. The van der Waals surface area contributed by atoms with E-state index in [0.29, 0.717) is 6.04 Å². The maximum Gasteiger partial charge on any atom is 0.0593 e. The number of nitrogens with zero attached hydrogens (tertiary/aromatic N) is 1. The summed E-state index contributed by atoms with van der Waals surface area (Å²) in [5.74, 6) is 0. The molecule has 1 saturated carbocycles. The Bertz CT molecular complexity index is 349. The molecule has 2 nitrogen and oxygen atoms in total. The van der Waals surface area contributed by atoms with Crippen molar-refractivity contribution in [2.24, 2.45) is 5.73 Å². The summed E-state index contributed by atoms with van der Waals surface area (Å²) in [7, 11) is 2.21. The minimum absolute atomic E-state index is 0.233. The average molecular weight is 303 g/mol. The maximum atomic E-state index is 6.27. The van der Waals surface area contributed by atoms with Crippen molar-refractivity contribution in [2.75, 3.05) is 7.05 Å². The highest BCUT2D eigenvalue weighted by Gasteiger charge is 2.34. The molecule has 1 aromatic heterocycles. The molecule has 1 aliphatic carbocycles. The zero-order valence-corrected chi connectivity index (χ0v) is 12.2. The second-order valence-electron chi connectivity index (χ2n) is 4.58. The zero-order chi connectivity index (χ0) is 11.7. The molecule has 0 amide bonds. The molecule has 0 aromatic carbocycles. The first kappa shape index (κ1) is 12.6. The van der Waals surface area contributed by atoms with Gasteiger partial charge in [-0.2, -0.15) is 0 Å². The van der Waals surface area contributed by atoms with Crippen LogP contribution in [-0.4, -0.2) is 24.0 Å². The summed E-state index contributed by atoms with van der Waals surface area (Å²) in [5.41, 5.74) is 6.27. The van der Waals surface area contributed by atoms with E-state index in [0.717, 1.165) is 12.5 Å². The lowest BCUT2D eigenvalue weighted by Gasteiger charge is -2.31. The van der Waals surface area contributed by atoms with E-state index < -0.39 is 0 Å². The fraction of sp³-hybridized carbons (Fsp3) is 0.667. The van der Waals surface area contributed by atoms with E-state index in [1.807, 2.05) is 0 Å². The van der Waals surface area contributed by atoms with Crippen LogP contribution < -0.4 is 5.73 Å². The van der Waals surface area contributed by atoms with E-state index in [1.54, 1.807) is 11.3 Å². The Labute approximate surface area is 110 Å². The van der Waals surface area contributed by atoms with Gasteiger partial charge in [0.15, 0.2) is 0 Å². The van der Waals surface area contributed by atoms with Crippen molar-refractivity contribution in [2.45, 2.75) is 44.3 Å². The van der Waals surface area contributed by atoms with E-state index in [4.69, 9.17) is 5.73 Å². The van der Waals surface area contributed by atoms with Gasteiger partial charge in [0.1, 0.15) is 0 Å². The van der Waals surface area contributed by atoms with Crippen LogP contribution in [0.1, 0.15) is 37.1 Å². The van der Waals surface area contributed by atoms with Crippen molar-refractivity contribution in [3.8, 4) is 0 Å². The molecule has 0 spiro atoms. The predicted molar refractivity (Wildman–Crippen MR) is 73.8 cm³/mol. The van der Waals surface area contributed by atoms with E-state index in [9.17, 15) is 0 Å². The predicted octanol–water partition coefficient (Wildman–Crippen LogP) is 3.38. The Kier molecular flexibility index (Phi) is 4.06. The molecule has 2 rings (SSSR count). The van der Waals surface area contributed by atoms with E-state index in [1.165, 1.54) is 22.2 Å². The van der Waals surface area contributed by atoms with Crippen LogP contribution in [0.4, 0.5) is 0 Å². The van der Waals surface area contributed by atoms with Crippen LogP contribution in [0.25, 0.3) is 0 Å². The Morgan fingerprint density at radius 2 is 2.31 bits per heavy atom. The summed E-state index contributed by atoms with van der Waals surface area (Å²) in [5, 5.41) is 2.14. The number of rotatable bonds is 5. The molecule has 0 aliphatic heterocycles. The van der Waals surface area contributed by atoms with E-state index in [-0.39, 0.29) is 6.04 Å². The standard InChI is InChI=1S/C12H19BrN2S/c1-3-10(14)12(15(2)9-4-5-9)11-6-8(13)7-16-11/h6-7,9-10,12H,3-5,14H2,1-2H3. The first-order chi connectivity index (χ1) is 7.63. The van der Waals surface area contributed by atoms with Crippen molar-refractivity contribution < 1.29 is 0 Å². The van der Waals surface area contributed by atoms with Crippen LogP contribution in [0.3, 0.4) is 0 Å². The van der Waals surface area contributed by atoms with Gasteiger partial charge >= 0.3 is 0 Å². The molecule has 4 heteroatoms.